The number of carbonyl (C=O) groups excluding carboxylic acids is 1. The molecule has 1 amide bonds. The molecular weight excluding hydrogens is 232 g/mol. The summed E-state index contributed by atoms with van der Waals surface area (Å²) in [6.45, 7) is 8.64. The molecule has 1 heterocycles. The molecule has 3 N–H and O–H groups in total. The maximum Gasteiger partial charge on any atom is 0.262 e. The predicted octanol–water partition coefficient (Wildman–Crippen LogP) is 2.41. The van der Waals surface area contributed by atoms with E-state index in [-0.39, 0.29) is 11.4 Å². The molecular formula is C13H22N2OS. The molecule has 0 aliphatic heterocycles. The molecule has 0 aliphatic carbocycles. The first kappa shape index (κ1) is 14.2. The average molecular weight is 254 g/mol. The number of thiophene rings is 1. The van der Waals surface area contributed by atoms with E-state index in [1.54, 1.807) is 0 Å². The van der Waals surface area contributed by atoms with Crippen LogP contribution in [0.1, 0.15) is 42.9 Å². The Morgan fingerprint density at radius 1 is 1.59 bits per heavy atom. The third kappa shape index (κ3) is 3.07. The van der Waals surface area contributed by atoms with Gasteiger partial charge in [0.05, 0.1) is 10.4 Å². The smallest absolute Gasteiger partial charge is 0.262 e. The zero-order chi connectivity index (χ0) is 13.1. The van der Waals surface area contributed by atoms with Crippen molar-refractivity contribution in [3.63, 3.8) is 0 Å². The van der Waals surface area contributed by atoms with Crippen LogP contribution >= 0.6 is 11.3 Å². The molecule has 96 valence electrons. The van der Waals surface area contributed by atoms with Gasteiger partial charge in [-0.2, -0.15) is 0 Å². The molecule has 0 aromatic carbocycles. The molecule has 0 spiro atoms. The molecule has 17 heavy (non-hydrogen) atoms. The van der Waals surface area contributed by atoms with E-state index >= 15 is 0 Å². The summed E-state index contributed by atoms with van der Waals surface area (Å²) in [5.41, 5.74) is 6.53. The van der Waals surface area contributed by atoms with Crippen molar-refractivity contribution < 1.29 is 4.79 Å². The number of amides is 1. The number of hydrogen-bond donors (Lipinski definition) is 2. The van der Waals surface area contributed by atoms with Crippen molar-refractivity contribution in [3.8, 4) is 0 Å². The summed E-state index contributed by atoms with van der Waals surface area (Å²) in [7, 11) is 0. The van der Waals surface area contributed by atoms with Gasteiger partial charge in [-0.05, 0) is 36.3 Å². The van der Waals surface area contributed by atoms with Crippen molar-refractivity contribution in [1.29, 1.82) is 0 Å². The molecule has 4 heteroatoms. The third-order valence-corrected chi connectivity index (χ3v) is 4.39. The van der Waals surface area contributed by atoms with E-state index in [4.69, 9.17) is 5.73 Å². The number of nitrogens with one attached hydrogen (secondary N) is 1. The number of nitrogens with two attached hydrogens (primary N) is 1. The summed E-state index contributed by atoms with van der Waals surface area (Å²) in [6, 6.07) is 2.01. The first-order chi connectivity index (χ1) is 7.94. The van der Waals surface area contributed by atoms with Crippen molar-refractivity contribution in [2.75, 3.05) is 6.54 Å². The highest BCUT2D eigenvalue weighted by atomic mass is 32.1. The van der Waals surface area contributed by atoms with Crippen LogP contribution in [0.3, 0.4) is 0 Å². The van der Waals surface area contributed by atoms with Crippen molar-refractivity contribution >= 4 is 17.2 Å². The number of aryl methyl sites for hydroxylation is 1. The molecule has 1 aromatic rings. The molecule has 1 rings (SSSR count). The van der Waals surface area contributed by atoms with Crippen LogP contribution in [0.5, 0.6) is 0 Å². The quantitative estimate of drug-likeness (QED) is 0.848. The maximum absolute atomic E-state index is 12.2. The van der Waals surface area contributed by atoms with E-state index in [2.05, 4.69) is 26.1 Å². The standard InChI is InChI=1S/C13H22N2OS/c1-5-10-6-7-17-11(10)12(16)15-13(4,8-14)9(2)3/h6-7,9H,5,8,14H2,1-4H3,(H,15,16). The van der Waals surface area contributed by atoms with E-state index < -0.39 is 0 Å². The zero-order valence-corrected chi connectivity index (χ0v) is 11.9. The summed E-state index contributed by atoms with van der Waals surface area (Å²) in [6.07, 6.45) is 0.882. The molecule has 0 saturated carbocycles. The molecule has 1 atom stereocenters. The van der Waals surface area contributed by atoms with Crippen LogP contribution in [0.25, 0.3) is 0 Å². The minimum Gasteiger partial charge on any atom is -0.345 e. The summed E-state index contributed by atoms with van der Waals surface area (Å²) in [5.74, 6) is 0.306. The van der Waals surface area contributed by atoms with Crippen LogP contribution < -0.4 is 11.1 Å². The fourth-order valence-electron chi connectivity index (χ4n) is 1.56. The van der Waals surface area contributed by atoms with Gasteiger partial charge in [0.1, 0.15) is 0 Å². The minimum absolute atomic E-state index is 0.00139. The van der Waals surface area contributed by atoms with Gasteiger partial charge in [-0.1, -0.05) is 20.8 Å². The van der Waals surface area contributed by atoms with Gasteiger partial charge in [-0.3, -0.25) is 4.79 Å². The predicted molar refractivity (Wildman–Crippen MR) is 73.5 cm³/mol. The fraction of sp³-hybridized carbons (Fsp3) is 0.615. The minimum atomic E-state index is -0.341. The highest BCUT2D eigenvalue weighted by molar-refractivity contribution is 7.12. The summed E-state index contributed by atoms with van der Waals surface area (Å²) >= 11 is 1.49. The maximum atomic E-state index is 12.2. The first-order valence-electron chi connectivity index (χ1n) is 6.03. The highest BCUT2D eigenvalue weighted by Gasteiger charge is 2.29. The van der Waals surface area contributed by atoms with E-state index in [0.29, 0.717) is 12.5 Å². The Morgan fingerprint density at radius 3 is 2.71 bits per heavy atom. The average Bonchev–Trinajstić information content (AvgIpc) is 2.76. The van der Waals surface area contributed by atoms with Crippen LogP contribution in [0.4, 0.5) is 0 Å². The summed E-state index contributed by atoms with van der Waals surface area (Å²) in [5, 5.41) is 5.03. The Bertz CT molecular complexity index is 387. The van der Waals surface area contributed by atoms with Crippen molar-refractivity contribution in [3.05, 3.63) is 21.9 Å². The van der Waals surface area contributed by atoms with Crippen molar-refractivity contribution in [2.45, 2.75) is 39.7 Å². The third-order valence-electron chi connectivity index (χ3n) is 3.43. The van der Waals surface area contributed by atoms with Gasteiger partial charge in [0, 0.05) is 6.54 Å². The zero-order valence-electron chi connectivity index (χ0n) is 11.0. The first-order valence-corrected chi connectivity index (χ1v) is 6.91. The van der Waals surface area contributed by atoms with E-state index in [1.807, 2.05) is 18.4 Å². The second-order valence-corrected chi connectivity index (χ2v) is 5.78. The topological polar surface area (TPSA) is 55.1 Å². The van der Waals surface area contributed by atoms with E-state index in [1.165, 1.54) is 11.3 Å². The lowest BCUT2D eigenvalue weighted by molar-refractivity contribution is 0.0886. The summed E-state index contributed by atoms with van der Waals surface area (Å²) < 4.78 is 0. The second-order valence-electron chi connectivity index (χ2n) is 4.86. The van der Waals surface area contributed by atoms with Crippen LogP contribution in [0, 0.1) is 5.92 Å². The van der Waals surface area contributed by atoms with Crippen LogP contribution in [-0.2, 0) is 6.42 Å². The lowest BCUT2D eigenvalue weighted by Gasteiger charge is -2.33. The molecule has 0 aliphatic rings. The Balaban J connectivity index is 2.85. The number of hydrogen-bond acceptors (Lipinski definition) is 3. The Labute approximate surface area is 107 Å². The SMILES string of the molecule is CCc1ccsc1C(=O)NC(C)(CN)C(C)C. The lowest BCUT2D eigenvalue weighted by atomic mass is 9.88. The summed E-state index contributed by atoms with van der Waals surface area (Å²) in [4.78, 5) is 13.0. The monoisotopic (exact) mass is 254 g/mol. The molecule has 1 aromatic heterocycles. The molecule has 0 bridgehead atoms. The van der Waals surface area contributed by atoms with E-state index in [0.717, 1.165) is 16.9 Å². The van der Waals surface area contributed by atoms with Gasteiger partial charge >= 0.3 is 0 Å². The normalized spacial score (nSPS) is 14.7. The molecule has 3 nitrogen and oxygen atoms in total. The number of rotatable bonds is 5. The van der Waals surface area contributed by atoms with Crippen molar-refractivity contribution in [2.24, 2.45) is 11.7 Å². The van der Waals surface area contributed by atoms with Gasteiger partial charge in [-0.25, -0.2) is 0 Å². The Morgan fingerprint density at radius 2 is 2.24 bits per heavy atom. The number of carbonyl (C=O) groups is 1. The van der Waals surface area contributed by atoms with Crippen LogP contribution in [0.2, 0.25) is 0 Å². The van der Waals surface area contributed by atoms with Crippen LogP contribution in [-0.4, -0.2) is 18.0 Å². The van der Waals surface area contributed by atoms with Crippen molar-refractivity contribution in [1.82, 2.24) is 5.32 Å². The van der Waals surface area contributed by atoms with Gasteiger partial charge in [-0.15, -0.1) is 11.3 Å². The molecule has 0 fully saturated rings. The largest absolute Gasteiger partial charge is 0.345 e. The van der Waals surface area contributed by atoms with Crippen LogP contribution in [0.15, 0.2) is 11.4 Å². The van der Waals surface area contributed by atoms with E-state index in [9.17, 15) is 4.79 Å². The lowest BCUT2D eigenvalue weighted by Crippen LogP contribution is -2.55. The Hall–Kier alpha value is -0.870. The molecule has 1 unspecified atom stereocenters. The Kier molecular flexibility index (Phi) is 4.71. The second kappa shape index (κ2) is 5.65. The van der Waals surface area contributed by atoms with Gasteiger partial charge in [0.2, 0.25) is 0 Å². The van der Waals surface area contributed by atoms with Gasteiger partial charge < -0.3 is 11.1 Å². The highest BCUT2D eigenvalue weighted by Crippen LogP contribution is 2.20. The van der Waals surface area contributed by atoms with Gasteiger partial charge in [0.25, 0.3) is 5.91 Å². The molecule has 0 saturated heterocycles. The molecule has 0 radical (unpaired) electrons. The van der Waals surface area contributed by atoms with Gasteiger partial charge in [0.15, 0.2) is 0 Å². The fourth-order valence-corrected chi connectivity index (χ4v) is 2.45.